The number of pyridine rings is 1. The van der Waals surface area contributed by atoms with Crippen LogP contribution in [-0.4, -0.2) is 4.40 Å². The Balaban J connectivity index is 2.97. The molecule has 0 aliphatic rings. The largest absolute Gasteiger partial charge is 0.318 e. The van der Waals surface area contributed by atoms with E-state index in [-0.39, 0.29) is 0 Å². The van der Waals surface area contributed by atoms with Crippen LogP contribution in [0.25, 0.3) is 5.52 Å². The van der Waals surface area contributed by atoms with Crippen molar-refractivity contribution in [3.63, 3.8) is 0 Å². The fraction of sp³-hybridized carbons (Fsp3) is 0.273. The number of aromatic nitrogens is 1. The van der Waals surface area contributed by atoms with E-state index in [1.165, 1.54) is 22.5 Å². The SMILES string of the molecule is Cc1cc2cccc(C)n2c1C. The van der Waals surface area contributed by atoms with E-state index in [0.29, 0.717) is 0 Å². The van der Waals surface area contributed by atoms with Crippen LogP contribution in [0.2, 0.25) is 0 Å². The van der Waals surface area contributed by atoms with Gasteiger partial charge in [-0.15, -0.1) is 0 Å². The molecule has 2 heterocycles. The Hall–Kier alpha value is -1.24. The van der Waals surface area contributed by atoms with Crippen LogP contribution in [0.5, 0.6) is 0 Å². The smallest absolute Gasteiger partial charge is 0.0458 e. The monoisotopic (exact) mass is 159 g/mol. The summed E-state index contributed by atoms with van der Waals surface area (Å²) in [6, 6.07) is 8.61. The van der Waals surface area contributed by atoms with Crippen molar-refractivity contribution in [2.24, 2.45) is 0 Å². The number of hydrogen-bond donors (Lipinski definition) is 0. The zero-order valence-electron chi connectivity index (χ0n) is 7.76. The van der Waals surface area contributed by atoms with E-state index in [2.05, 4.69) is 49.4 Å². The van der Waals surface area contributed by atoms with Gasteiger partial charge < -0.3 is 4.40 Å². The van der Waals surface area contributed by atoms with Crippen LogP contribution in [0, 0.1) is 20.8 Å². The molecule has 0 aliphatic carbocycles. The Bertz CT molecular complexity index is 424. The highest BCUT2D eigenvalue weighted by Crippen LogP contribution is 2.16. The number of aryl methyl sites for hydroxylation is 3. The van der Waals surface area contributed by atoms with Crippen molar-refractivity contribution in [1.29, 1.82) is 0 Å². The summed E-state index contributed by atoms with van der Waals surface area (Å²) in [4.78, 5) is 0. The Labute approximate surface area is 72.6 Å². The summed E-state index contributed by atoms with van der Waals surface area (Å²) in [6.07, 6.45) is 0. The molecule has 0 aliphatic heterocycles. The van der Waals surface area contributed by atoms with Gasteiger partial charge in [-0.05, 0) is 44.5 Å². The minimum Gasteiger partial charge on any atom is -0.318 e. The average Bonchev–Trinajstić information content (AvgIpc) is 2.29. The summed E-state index contributed by atoms with van der Waals surface area (Å²) < 4.78 is 2.29. The molecule has 1 nitrogen and oxygen atoms in total. The van der Waals surface area contributed by atoms with Crippen molar-refractivity contribution in [1.82, 2.24) is 4.40 Å². The molecular weight excluding hydrogens is 146 g/mol. The van der Waals surface area contributed by atoms with Gasteiger partial charge in [0.1, 0.15) is 0 Å². The van der Waals surface area contributed by atoms with Crippen molar-refractivity contribution in [2.75, 3.05) is 0 Å². The maximum atomic E-state index is 2.29. The Morgan fingerprint density at radius 1 is 1.08 bits per heavy atom. The molecule has 0 aromatic carbocycles. The highest BCUT2D eigenvalue weighted by Gasteiger charge is 2.02. The van der Waals surface area contributed by atoms with Crippen LogP contribution < -0.4 is 0 Å². The molecule has 0 radical (unpaired) electrons. The fourth-order valence-electron chi connectivity index (χ4n) is 1.71. The second-order valence-corrected chi connectivity index (χ2v) is 3.34. The summed E-state index contributed by atoms with van der Waals surface area (Å²) >= 11 is 0. The van der Waals surface area contributed by atoms with E-state index in [4.69, 9.17) is 0 Å². The van der Waals surface area contributed by atoms with Gasteiger partial charge in [-0.2, -0.15) is 0 Å². The molecule has 1 heteroatoms. The first-order valence-electron chi connectivity index (χ1n) is 4.24. The number of fused-ring (bicyclic) bond motifs is 1. The van der Waals surface area contributed by atoms with Crippen LogP contribution in [0.15, 0.2) is 24.3 Å². The first kappa shape index (κ1) is 7.41. The highest BCUT2D eigenvalue weighted by molar-refractivity contribution is 5.54. The van der Waals surface area contributed by atoms with Gasteiger partial charge in [0.15, 0.2) is 0 Å². The molecular formula is C11H13N. The third-order valence-electron chi connectivity index (χ3n) is 2.49. The minimum atomic E-state index is 1.30. The molecule has 0 bridgehead atoms. The van der Waals surface area contributed by atoms with E-state index in [9.17, 15) is 0 Å². The summed E-state index contributed by atoms with van der Waals surface area (Å²) in [5.41, 5.74) is 5.32. The maximum Gasteiger partial charge on any atom is 0.0458 e. The zero-order valence-corrected chi connectivity index (χ0v) is 7.76. The van der Waals surface area contributed by atoms with Crippen LogP contribution >= 0.6 is 0 Å². The lowest BCUT2D eigenvalue weighted by molar-refractivity contribution is 1.03. The van der Waals surface area contributed by atoms with Gasteiger partial charge in [-0.1, -0.05) is 6.07 Å². The van der Waals surface area contributed by atoms with Crippen molar-refractivity contribution < 1.29 is 0 Å². The molecule has 0 amide bonds. The van der Waals surface area contributed by atoms with Crippen LogP contribution in [-0.2, 0) is 0 Å². The molecule has 0 atom stereocenters. The molecule has 12 heavy (non-hydrogen) atoms. The Morgan fingerprint density at radius 3 is 2.50 bits per heavy atom. The van der Waals surface area contributed by atoms with E-state index in [0.717, 1.165) is 0 Å². The first-order chi connectivity index (χ1) is 5.70. The first-order valence-corrected chi connectivity index (χ1v) is 4.24. The zero-order chi connectivity index (χ0) is 8.72. The van der Waals surface area contributed by atoms with Gasteiger partial charge >= 0.3 is 0 Å². The van der Waals surface area contributed by atoms with E-state index < -0.39 is 0 Å². The molecule has 2 aromatic rings. The molecule has 0 N–H and O–H groups in total. The lowest BCUT2D eigenvalue weighted by Gasteiger charge is -2.02. The van der Waals surface area contributed by atoms with Crippen molar-refractivity contribution in [3.8, 4) is 0 Å². The minimum absolute atomic E-state index is 1.30. The predicted octanol–water partition coefficient (Wildman–Crippen LogP) is 2.86. The van der Waals surface area contributed by atoms with Crippen LogP contribution in [0.1, 0.15) is 17.0 Å². The Kier molecular flexibility index (Phi) is 1.47. The summed E-state index contributed by atoms with van der Waals surface area (Å²) in [7, 11) is 0. The second-order valence-electron chi connectivity index (χ2n) is 3.34. The molecule has 2 aromatic heterocycles. The third kappa shape index (κ3) is 0.860. The molecule has 0 fully saturated rings. The molecule has 0 unspecified atom stereocenters. The number of nitrogens with zero attached hydrogens (tertiary/aromatic N) is 1. The van der Waals surface area contributed by atoms with Crippen LogP contribution in [0.4, 0.5) is 0 Å². The third-order valence-corrected chi connectivity index (χ3v) is 2.49. The van der Waals surface area contributed by atoms with Gasteiger partial charge in [-0.3, -0.25) is 0 Å². The van der Waals surface area contributed by atoms with E-state index >= 15 is 0 Å². The lowest BCUT2D eigenvalue weighted by Crippen LogP contribution is -1.91. The molecule has 0 saturated carbocycles. The summed E-state index contributed by atoms with van der Waals surface area (Å²) in [5.74, 6) is 0. The standard InChI is InChI=1S/C11H13N/c1-8-7-11-6-4-5-9(2)12(11)10(8)3/h4-7H,1-3H3. The molecule has 0 spiro atoms. The van der Waals surface area contributed by atoms with Gasteiger partial charge in [-0.25, -0.2) is 0 Å². The highest BCUT2D eigenvalue weighted by atomic mass is 14.9. The molecule has 0 saturated heterocycles. The fourth-order valence-corrected chi connectivity index (χ4v) is 1.71. The quantitative estimate of drug-likeness (QED) is 0.556. The summed E-state index contributed by atoms with van der Waals surface area (Å²) in [6.45, 7) is 6.45. The molecule has 2 rings (SSSR count). The molecule has 62 valence electrons. The van der Waals surface area contributed by atoms with Crippen LogP contribution in [0.3, 0.4) is 0 Å². The van der Waals surface area contributed by atoms with Gasteiger partial charge in [0.05, 0.1) is 0 Å². The predicted molar refractivity (Wildman–Crippen MR) is 51.6 cm³/mol. The van der Waals surface area contributed by atoms with Gasteiger partial charge in [0, 0.05) is 16.9 Å². The normalized spacial score (nSPS) is 10.9. The number of hydrogen-bond acceptors (Lipinski definition) is 0. The van der Waals surface area contributed by atoms with E-state index in [1.807, 2.05) is 0 Å². The van der Waals surface area contributed by atoms with Gasteiger partial charge in [0.25, 0.3) is 0 Å². The van der Waals surface area contributed by atoms with Crippen molar-refractivity contribution in [3.05, 3.63) is 41.2 Å². The topological polar surface area (TPSA) is 4.41 Å². The Morgan fingerprint density at radius 2 is 1.83 bits per heavy atom. The van der Waals surface area contributed by atoms with Crippen molar-refractivity contribution in [2.45, 2.75) is 20.8 Å². The van der Waals surface area contributed by atoms with Gasteiger partial charge in [0.2, 0.25) is 0 Å². The van der Waals surface area contributed by atoms with Crippen molar-refractivity contribution >= 4 is 5.52 Å². The maximum absolute atomic E-state index is 2.29. The second kappa shape index (κ2) is 2.37. The van der Waals surface area contributed by atoms with E-state index in [1.54, 1.807) is 0 Å². The lowest BCUT2D eigenvalue weighted by atomic mass is 10.3. The average molecular weight is 159 g/mol. The number of rotatable bonds is 0. The summed E-state index contributed by atoms with van der Waals surface area (Å²) in [5, 5.41) is 0.